The van der Waals surface area contributed by atoms with E-state index in [4.69, 9.17) is 4.52 Å². The third-order valence-electron chi connectivity index (χ3n) is 2.97. The van der Waals surface area contributed by atoms with Crippen LogP contribution in [0.4, 0.5) is 5.69 Å². The maximum atomic E-state index is 5.29. The van der Waals surface area contributed by atoms with Crippen molar-refractivity contribution in [2.75, 3.05) is 12.4 Å². The van der Waals surface area contributed by atoms with Crippen LogP contribution in [0.1, 0.15) is 11.4 Å². The van der Waals surface area contributed by atoms with Gasteiger partial charge >= 0.3 is 0 Å². The van der Waals surface area contributed by atoms with Gasteiger partial charge in [0.25, 0.3) is 5.89 Å². The number of aromatic nitrogens is 3. The van der Waals surface area contributed by atoms with Crippen molar-refractivity contribution in [3.63, 3.8) is 0 Å². The van der Waals surface area contributed by atoms with Gasteiger partial charge in [-0.25, -0.2) is 0 Å². The molecule has 0 radical (unpaired) electrons. The third kappa shape index (κ3) is 2.66. The van der Waals surface area contributed by atoms with Crippen molar-refractivity contribution in [1.82, 2.24) is 15.1 Å². The highest BCUT2D eigenvalue weighted by atomic mass is 16.5. The minimum absolute atomic E-state index is 0.534. The lowest BCUT2D eigenvalue weighted by Crippen LogP contribution is -1.91. The number of nitrogens with one attached hydrogen (secondary N) is 1. The monoisotopic (exact) mass is 266 g/mol. The lowest BCUT2D eigenvalue weighted by molar-refractivity contribution is 0.424. The number of hydrogen-bond donors (Lipinski definition) is 1. The fourth-order valence-corrected chi connectivity index (χ4v) is 1.91. The van der Waals surface area contributed by atoms with E-state index >= 15 is 0 Å². The molecule has 0 bridgehead atoms. The standard InChI is InChI=1S/C15H14N4O/c1-16-13-6-4-12(5-7-13)15-18-14(19-20-15)9-11-3-2-8-17-10-11/h2-8,10,16H,9H2,1H3. The molecule has 0 amide bonds. The predicted molar refractivity (Wildman–Crippen MR) is 76.3 cm³/mol. The molecule has 1 N–H and O–H groups in total. The molecular weight excluding hydrogens is 252 g/mol. The van der Waals surface area contributed by atoms with Crippen molar-refractivity contribution in [3.8, 4) is 11.5 Å². The van der Waals surface area contributed by atoms with Crippen molar-refractivity contribution in [3.05, 3.63) is 60.2 Å². The number of anilines is 1. The molecule has 0 aliphatic rings. The smallest absolute Gasteiger partial charge is 0.257 e. The van der Waals surface area contributed by atoms with Gasteiger partial charge in [0.05, 0.1) is 0 Å². The van der Waals surface area contributed by atoms with Crippen LogP contribution in [0.25, 0.3) is 11.5 Å². The second kappa shape index (κ2) is 5.52. The molecule has 3 rings (SSSR count). The second-order valence-corrected chi connectivity index (χ2v) is 4.38. The average molecular weight is 266 g/mol. The normalized spacial score (nSPS) is 10.4. The molecule has 0 fully saturated rings. The van der Waals surface area contributed by atoms with Crippen LogP contribution in [0.15, 0.2) is 53.3 Å². The van der Waals surface area contributed by atoms with Crippen LogP contribution in [0.5, 0.6) is 0 Å². The highest BCUT2D eigenvalue weighted by molar-refractivity contribution is 5.58. The van der Waals surface area contributed by atoms with E-state index in [2.05, 4.69) is 20.4 Å². The molecule has 20 heavy (non-hydrogen) atoms. The van der Waals surface area contributed by atoms with E-state index in [-0.39, 0.29) is 0 Å². The molecule has 0 aliphatic heterocycles. The van der Waals surface area contributed by atoms with E-state index in [1.807, 2.05) is 43.4 Å². The Morgan fingerprint density at radius 3 is 2.70 bits per heavy atom. The molecule has 0 spiro atoms. The van der Waals surface area contributed by atoms with Crippen molar-refractivity contribution in [2.24, 2.45) is 0 Å². The fraction of sp³-hybridized carbons (Fsp3) is 0.133. The zero-order valence-corrected chi connectivity index (χ0v) is 11.1. The molecule has 5 nitrogen and oxygen atoms in total. The maximum absolute atomic E-state index is 5.29. The Morgan fingerprint density at radius 2 is 2.00 bits per heavy atom. The first-order valence-corrected chi connectivity index (χ1v) is 6.35. The summed E-state index contributed by atoms with van der Waals surface area (Å²) in [7, 11) is 1.88. The van der Waals surface area contributed by atoms with E-state index in [1.165, 1.54) is 0 Å². The lowest BCUT2D eigenvalue weighted by Gasteiger charge is -1.99. The zero-order chi connectivity index (χ0) is 13.8. The highest BCUT2D eigenvalue weighted by Crippen LogP contribution is 2.20. The van der Waals surface area contributed by atoms with Crippen molar-refractivity contribution < 1.29 is 4.52 Å². The van der Waals surface area contributed by atoms with Crippen LogP contribution in [-0.4, -0.2) is 22.2 Å². The fourth-order valence-electron chi connectivity index (χ4n) is 1.91. The number of hydrogen-bond acceptors (Lipinski definition) is 5. The lowest BCUT2D eigenvalue weighted by atomic mass is 10.2. The van der Waals surface area contributed by atoms with E-state index in [1.54, 1.807) is 12.4 Å². The van der Waals surface area contributed by atoms with Gasteiger partial charge in [0, 0.05) is 37.1 Å². The van der Waals surface area contributed by atoms with Gasteiger partial charge in [-0.05, 0) is 35.9 Å². The van der Waals surface area contributed by atoms with Gasteiger partial charge in [0.2, 0.25) is 0 Å². The molecule has 0 aliphatic carbocycles. The molecule has 1 aromatic carbocycles. The summed E-state index contributed by atoms with van der Waals surface area (Å²) in [5.41, 5.74) is 3.02. The van der Waals surface area contributed by atoms with Crippen LogP contribution >= 0.6 is 0 Å². The molecular formula is C15H14N4O. The minimum atomic E-state index is 0.534. The van der Waals surface area contributed by atoms with Crippen molar-refractivity contribution >= 4 is 5.69 Å². The van der Waals surface area contributed by atoms with E-state index in [0.29, 0.717) is 18.1 Å². The summed E-state index contributed by atoms with van der Waals surface area (Å²) in [4.78, 5) is 8.48. The SMILES string of the molecule is CNc1ccc(-c2nc(Cc3cccnc3)no2)cc1. The van der Waals surface area contributed by atoms with E-state index < -0.39 is 0 Å². The molecule has 0 atom stereocenters. The molecule has 100 valence electrons. The van der Waals surface area contributed by atoms with Crippen LogP contribution in [0.2, 0.25) is 0 Å². The Balaban J connectivity index is 1.79. The van der Waals surface area contributed by atoms with Crippen LogP contribution in [0, 0.1) is 0 Å². The van der Waals surface area contributed by atoms with Crippen molar-refractivity contribution in [1.29, 1.82) is 0 Å². The molecule has 0 unspecified atom stereocenters. The van der Waals surface area contributed by atoms with Gasteiger partial charge in [-0.3, -0.25) is 4.98 Å². The van der Waals surface area contributed by atoms with Crippen LogP contribution in [0.3, 0.4) is 0 Å². The van der Waals surface area contributed by atoms with Gasteiger partial charge in [-0.2, -0.15) is 4.98 Å². The second-order valence-electron chi connectivity index (χ2n) is 4.38. The number of nitrogens with zero attached hydrogens (tertiary/aromatic N) is 3. The highest BCUT2D eigenvalue weighted by Gasteiger charge is 2.09. The number of pyridine rings is 1. The molecule has 2 aromatic heterocycles. The Bertz CT molecular complexity index is 677. The van der Waals surface area contributed by atoms with Gasteiger partial charge in [-0.1, -0.05) is 11.2 Å². The summed E-state index contributed by atoms with van der Waals surface area (Å²) in [6, 6.07) is 11.7. The first-order chi connectivity index (χ1) is 9.85. The van der Waals surface area contributed by atoms with Crippen LogP contribution in [-0.2, 0) is 6.42 Å². The molecule has 2 heterocycles. The Morgan fingerprint density at radius 1 is 1.15 bits per heavy atom. The Hall–Kier alpha value is -2.69. The number of rotatable bonds is 4. The topological polar surface area (TPSA) is 63.8 Å². The summed E-state index contributed by atoms with van der Waals surface area (Å²) in [5.74, 6) is 1.19. The predicted octanol–water partition coefficient (Wildman–Crippen LogP) is 2.76. The average Bonchev–Trinajstić information content (AvgIpc) is 2.97. The summed E-state index contributed by atoms with van der Waals surface area (Å²) in [6.07, 6.45) is 4.16. The summed E-state index contributed by atoms with van der Waals surface area (Å²) in [5, 5.41) is 7.07. The summed E-state index contributed by atoms with van der Waals surface area (Å²) >= 11 is 0. The first kappa shape index (κ1) is 12.3. The molecule has 5 heteroatoms. The third-order valence-corrected chi connectivity index (χ3v) is 2.97. The quantitative estimate of drug-likeness (QED) is 0.786. The molecule has 0 saturated carbocycles. The van der Waals surface area contributed by atoms with Gasteiger partial charge < -0.3 is 9.84 Å². The first-order valence-electron chi connectivity index (χ1n) is 6.35. The minimum Gasteiger partial charge on any atom is -0.388 e. The molecule has 3 aromatic rings. The summed E-state index contributed by atoms with van der Waals surface area (Å²) in [6.45, 7) is 0. The van der Waals surface area contributed by atoms with Gasteiger partial charge in [-0.15, -0.1) is 0 Å². The zero-order valence-electron chi connectivity index (χ0n) is 11.1. The van der Waals surface area contributed by atoms with E-state index in [9.17, 15) is 0 Å². The Kier molecular flexibility index (Phi) is 3.41. The maximum Gasteiger partial charge on any atom is 0.257 e. The van der Waals surface area contributed by atoms with Gasteiger partial charge in [0.1, 0.15) is 0 Å². The van der Waals surface area contributed by atoms with Gasteiger partial charge in [0.15, 0.2) is 5.82 Å². The van der Waals surface area contributed by atoms with E-state index in [0.717, 1.165) is 16.8 Å². The summed E-state index contributed by atoms with van der Waals surface area (Å²) < 4.78 is 5.29. The number of benzene rings is 1. The molecule has 0 saturated heterocycles. The Labute approximate surface area is 116 Å². The van der Waals surface area contributed by atoms with Crippen molar-refractivity contribution in [2.45, 2.75) is 6.42 Å². The van der Waals surface area contributed by atoms with Crippen LogP contribution < -0.4 is 5.32 Å². The largest absolute Gasteiger partial charge is 0.388 e.